The average molecular weight is 503 g/mol. The SMILES string of the molecule is C=C(C(=O)CCCc1ccc(-c2ccccc2)nc1)c1cc(-c2cncc(N3CCCCC3)c2)ccc1N. The number of benzene rings is 2. The number of pyridine rings is 2. The lowest BCUT2D eigenvalue weighted by Gasteiger charge is -2.28. The third-order valence-corrected chi connectivity index (χ3v) is 7.26. The van der Waals surface area contributed by atoms with Crippen LogP contribution in [0.1, 0.15) is 43.2 Å². The van der Waals surface area contributed by atoms with Crippen LogP contribution in [-0.4, -0.2) is 28.8 Å². The molecule has 0 unspecified atom stereocenters. The van der Waals surface area contributed by atoms with E-state index < -0.39 is 0 Å². The van der Waals surface area contributed by atoms with E-state index in [0.29, 0.717) is 23.2 Å². The van der Waals surface area contributed by atoms with Crippen LogP contribution >= 0.6 is 0 Å². The monoisotopic (exact) mass is 502 g/mol. The first-order valence-corrected chi connectivity index (χ1v) is 13.4. The van der Waals surface area contributed by atoms with Crippen LogP contribution < -0.4 is 10.6 Å². The van der Waals surface area contributed by atoms with Gasteiger partial charge in [0.1, 0.15) is 0 Å². The number of aromatic nitrogens is 2. The number of nitrogens with two attached hydrogens (primary N) is 1. The number of anilines is 2. The van der Waals surface area contributed by atoms with Gasteiger partial charge in [0.15, 0.2) is 5.78 Å². The molecule has 3 heterocycles. The number of piperidine rings is 1. The van der Waals surface area contributed by atoms with Crippen molar-refractivity contribution >= 4 is 22.7 Å². The maximum absolute atomic E-state index is 13.0. The predicted octanol–water partition coefficient (Wildman–Crippen LogP) is 6.99. The van der Waals surface area contributed by atoms with Crippen LogP contribution in [0.25, 0.3) is 28.0 Å². The molecule has 0 saturated carbocycles. The quantitative estimate of drug-likeness (QED) is 0.197. The van der Waals surface area contributed by atoms with Crippen LogP contribution in [0.2, 0.25) is 0 Å². The van der Waals surface area contributed by atoms with E-state index in [9.17, 15) is 4.79 Å². The molecular formula is C33H34N4O. The number of aryl methyl sites for hydroxylation is 1. The molecule has 0 aliphatic carbocycles. The van der Waals surface area contributed by atoms with Crippen molar-refractivity contribution in [3.8, 4) is 22.4 Å². The summed E-state index contributed by atoms with van der Waals surface area (Å²) in [4.78, 5) is 24.5. The van der Waals surface area contributed by atoms with Crippen molar-refractivity contribution in [1.29, 1.82) is 0 Å². The average Bonchev–Trinajstić information content (AvgIpc) is 2.98. The molecule has 0 amide bonds. The van der Waals surface area contributed by atoms with Gasteiger partial charge in [0.25, 0.3) is 0 Å². The normalized spacial score (nSPS) is 13.3. The second-order valence-electron chi connectivity index (χ2n) is 9.95. The fraction of sp³-hybridized carbons (Fsp3) is 0.242. The van der Waals surface area contributed by atoms with Gasteiger partial charge in [-0.3, -0.25) is 14.8 Å². The topological polar surface area (TPSA) is 72.1 Å². The Kier molecular flexibility index (Phi) is 7.93. The van der Waals surface area contributed by atoms with Gasteiger partial charge in [-0.15, -0.1) is 0 Å². The first-order valence-electron chi connectivity index (χ1n) is 13.4. The van der Waals surface area contributed by atoms with Crippen LogP contribution in [0.5, 0.6) is 0 Å². The molecule has 0 bridgehead atoms. The van der Waals surface area contributed by atoms with Crippen LogP contribution in [0.4, 0.5) is 11.4 Å². The number of ketones is 1. The van der Waals surface area contributed by atoms with Gasteiger partial charge in [-0.25, -0.2) is 0 Å². The number of allylic oxidation sites excluding steroid dienone is 1. The van der Waals surface area contributed by atoms with Gasteiger partial charge >= 0.3 is 0 Å². The second kappa shape index (κ2) is 11.9. The maximum Gasteiger partial charge on any atom is 0.162 e. The highest BCUT2D eigenvalue weighted by Crippen LogP contribution is 2.31. The molecule has 2 N–H and O–H groups in total. The fourth-order valence-electron chi connectivity index (χ4n) is 5.01. The smallest absolute Gasteiger partial charge is 0.162 e. The Morgan fingerprint density at radius 1 is 0.868 bits per heavy atom. The number of hydrogen-bond donors (Lipinski definition) is 1. The largest absolute Gasteiger partial charge is 0.398 e. The Hall–Kier alpha value is -4.25. The van der Waals surface area contributed by atoms with Crippen LogP contribution in [0, 0.1) is 0 Å². The van der Waals surface area contributed by atoms with E-state index in [0.717, 1.165) is 59.6 Å². The molecule has 5 nitrogen and oxygen atoms in total. The molecule has 5 rings (SSSR count). The summed E-state index contributed by atoms with van der Waals surface area (Å²) in [6.45, 7) is 6.25. The van der Waals surface area contributed by atoms with Gasteiger partial charge in [-0.2, -0.15) is 0 Å². The molecule has 38 heavy (non-hydrogen) atoms. The zero-order valence-electron chi connectivity index (χ0n) is 21.8. The summed E-state index contributed by atoms with van der Waals surface area (Å²) in [6.07, 6.45) is 11.3. The Bertz CT molecular complexity index is 1410. The van der Waals surface area contributed by atoms with Gasteiger partial charge in [-0.05, 0) is 67.5 Å². The number of hydrogen-bond acceptors (Lipinski definition) is 5. The van der Waals surface area contributed by atoms with E-state index in [1.54, 1.807) is 0 Å². The van der Waals surface area contributed by atoms with Gasteiger partial charge in [0.05, 0.1) is 17.6 Å². The van der Waals surface area contributed by atoms with Crippen molar-refractivity contribution in [2.75, 3.05) is 23.7 Å². The molecule has 0 atom stereocenters. The van der Waals surface area contributed by atoms with E-state index >= 15 is 0 Å². The summed E-state index contributed by atoms with van der Waals surface area (Å²) >= 11 is 0. The molecular weight excluding hydrogens is 468 g/mol. The number of nitrogen functional groups attached to an aromatic ring is 1. The summed E-state index contributed by atoms with van der Waals surface area (Å²) in [5.74, 6) is 0.0166. The van der Waals surface area contributed by atoms with E-state index in [-0.39, 0.29) is 5.78 Å². The highest BCUT2D eigenvalue weighted by atomic mass is 16.1. The Balaban J connectivity index is 1.22. The fourth-order valence-corrected chi connectivity index (χ4v) is 5.01. The lowest BCUT2D eigenvalue weighted by molar-refractivity contribution is -0.113. The van der Waals surface area contributed by atoms with E-state index in [2.05, 4.69) is 45.7 Å². The molecule has 0 radical (unpaired) electrons. The summed E-state index contributed by atoms with van der Waals surface area (Å²) in [5.41, 5.74) is 14.3. The zero-order chi connectivity index (χ0) is 26.3. The minimum Gasteiger partial charge on any atom is -0.398 e. The van der Waals surface area contributed by atoms with Crippen molar-refractivity contribution in [1.82, 2.24) is 9.97 Å². The molecule has 1 aliphatic rings. The lowest BCUT2D eigenvalue weighted by atomic mass is 9.94. The first kappa shape index (κ1) is 25.4. The third kappa shape index (κ3) is 6.00. The molecule has 1 saturated heterocycles. The molecule has 0 spiro atoms. The lowest BCUT2D eigenvalue weighted by Crippen LogP contribution is -2.29. The Morgan fingerprint density at radius 3 is 2.45 bits per heavy atom. The molecule has 1 fully saturated rings. The van der Waals surface area contributed by atoms with Crippen molar-refractivity contribution in [2.24, 2.45) is 0 Å². The number of rotatable bonds is 9. The molecule has 5 heteroatoms. The third-order valence-electron chi connectivity index (χ3n) is 7.26. The zero-order valence-corrected chi connectivity index (χ0v) is 21.8. The van der Waals surface area contributed by atoms with Gasteiger partial charge in [0, 0.05) is 59.9 Å². The van der Waals surface area contributed by atoms with Gasteiger partial charge in [-0.1, -0.05) is 49.0 Å². The highest BCUT2D eigenvalue weighted by Gasteiger charge is 2.16. The van der Waals surface area contributed by atoms with Crippen LogP contribution in [0.15, 0.2) is 91.9 Å². The highest BCUT2D eigenvalue weighted by molar-refractivity contribution is 6.21. The van der Waals surface area contributed by atoms with Crippen LogP contribution in [0.3, 0.4) is 0 Å². The minimum absolute atomic E-state index is 0.0166. The van der Waals surface area contributed by atoms with Crippen molar-refractivity contribution in [3.63, 3.8) is 0 Å². The van der Waals surface area contributed by atoms with Gasteiger partial charge < -0.3 is 10.6 Å². The van der Waals surface area contributed by atoms with Crippen LogP contribution in [-0.2, 0) is 11.2 Å². The number of carbonyl (C=O) groups excluding carboxylic acids is 1. The standard InChI is InChI=1S/C33H34N4O/c1-24(33(38)12-8-9-25-13-16-32(36-21-25)26-10-4-2-5-11-26)30-20-27(14-15-31(30)34)28-19-29(23-35-22-28)37-17-6-3-7-18-37/h2,4-5,10-11,13-16,19-23H,1,3,6-9,12,17-18,34H2. The van der Waals surface area contributed by atoms with Crippen molar-refractivity contribution in [2.45, 2.75) is 38.5 Å². The molecule has 2 aromatic heterocycles. The predicted molar refractivity (Wildman–Crippen MR) is 157 cm³/mol. The number of Topliss-reactive ketones (excluding diaryl/α,β-unsaturated/α-hetero) is 1. The minimum atomic E-state index is 0.0166. The van der Waals surface area contributed by atoms with E-state index in [4.69, 9.17) is 5.73 Å². The van der Waals surface area contributed by atoms with E-state index in [1.165, 1.54) is 19.3 Å². The summed E-state index contributed by atoms with van der Waals surface area (Å²) < 4.78 is 0. The van der Waals surface area contributed by atoms with Crippen molar-refractivity contribution in [3.05, 3.63) is 103 Å². The molecule has 4 aromatic rings. The second-order valence-corrected chi connectivity index (χ2v) is 9.95. The first-order chi connectivity index (χ1) is 18.6. The molecule has 2 aromatic carbocycles. The van der Waals surface area contributed by atoms with E-state index in [1.807, 2.05) is 61.1 Å². The number of nitrogens with zero attached hydrogens (tertiary/aromatic N) is 3. The summed E-state index contributed by atoms with van der Waals surface area (Å²) in [6, 6.07) is 22.2. The molecule has 1 aliphatic heterocycles. The Labute approximate surface area is 225 Å². The summed E-state index contributed by atoms with van der Waals surface area (Å²) in [5, 5.41) is 0. The summed E-state index contributed by atoms with van der Waals surface area (Å²) in [7, 11) is 0. The maximum atomic E-state index is 13.0. The van der Waals surface area contributed by atoms with Gasteiger partial charge in [0.2, 0.25) is 0 Å². The Morgan fingerprint density at radius 2 is 1.68 bits per heavy atom. The molecule has 192 valence electrons. The van der Waals surface area contributed by atoms with Crippen molar-refractivity contribution < 1.29 is 4.79 Å². The number of carbonyl (C=O) groups is 1.